The second kappa shape index (κ2) is 6.43. The van der Waals surface area contributed by atoms with Crippen molar-refractivity contribution in [2.75, 3.05) is 7.05 Å². The summed E-state index contributed by atoms with van der Waals surface area (Å²) in [7, 11) is 3.32. The molecule has 0 aromatic heterocycles. The molecule has 0 saturated carbocycles. The number of nitrogens with zero attached hydrogens (tertiary/aromatic N) is 2. The monoisotopic (exact) mass is 251 g/mol. The summed E-state index contributed by atoms with van der Waals surface area (Å²) in [5.41, 5.74) is -0.696. The Hall–Kier alpha value is -1.16. The summed E-state index contributed by atoms with van der Waals surface area (Å²) in [5.74, 6) is 1.66. The molecular weight excluding hydrogens is 238 g/mol. The van der Waals surface area contributed by atoms with Gasteiger partial charge in [-0.05, 0) is 13.0 Å². The van der Waals surface area contributed by atoms with Gasteiger partial charge in [-0.1, -0.05) is 15.8 Å². The minimum absolute atomic E-state index is 0.251. The van der Waals surface area contributed by atoms with Crippen LogP contribution in [0.1, 0.15) is 6.92 Å². The van der Waals surface area contributed by atoms with Crippen LogP contribution < -0.4 is 5.32 Å². The SMILES string of the molecule is C=C(/N=C\P)N/C(C)=C/C(=NC)C(F)(F)F. The fraction of sp³-hybridized carbons (Fsp3) is 0.333. The summed E-state index contributed by atoms with van der Waals surface area (Å²) in [4.78, 5) is 6.89. The van der Waals surface area contributed by atoms with Crippen LogP contribution in [0.2, 0.25) is 0 Å². The Balaban J connectivity index is 4.71. The van der Waals surface area contributed by atoms with Gasteiger partial charge in [0, 0.05) is 18.7 Å². The van der Waals surface area contributed by atoms with E-state index < -0.39 is 11.9 Å². The van der Waals surface area contributed by atoms with Crippen LogP contribution in [0.5, 0.6) is 0 Å². The lowest BCUT2D eigenvalue weighted by atomic mass is 10.3. The molecule has 0 spiro atoms. The van der Waals surface area contributed by atoms with Gasteiger partial charge < -0.3 is 5.32 Å². The third kappa shape index (κ3) is 5.66. The largest absolute Gasteiger partial charge is 0.432 e. The fourth-order valence-electron chi connectivity index (χ4n) is 0.864. The quantitative estimate of drug-likeness (QED) is 0.604. The molecule has 0 heterocycles. The summed E-state index contributed by atoms with van der Waals surface area (Å²) < 4.78 is 36.9. The van der Waals surface area contributed by atoms with Crippen molar-refractivity contribution in [1.82, 2.24) is 5.32 Å². The van der Waals surface area contributed by atoms with E-state index in [-0.39, 0.29) is 11.5 Å². The van der Waals surface area contributed by atoms with Crippen LogP contribution in [0, 0.1) is 0 Å². The molecule has 7 heteroatoms. The number of allylic oxidation sites excluding steroid dienone is 2. The first-order valence-corrected chi connectivity index (χ1v) is 4.90. The lowest BCUT2D eigenvalue weighted by Crippen LogP contribution is -2.22. The van der Waals surface area contributed by atoms with Gasteiger partial charge in [0.05, 0.1) is 0 Å². The van der Waals surface area contributed by atoms with E-state index in [4.69, 9.17) is 0 Å². The first-order chi connectivity index (χ1) is 7.31. The number of hydrogen-bond donors (Lipinski definition) is 1. The first kappa shape index (κ1) is 14.8. The molecule has 0 fully saturated rings. The van der Waals surface area contributed by atoms with E-state index in [9.17, 15) is 13.2 Å². The van der Waals surface area contributed by atoms with Gasteiger partial charge in [-0.3, -0.25) is 4.99 Å². The molecule has 1 N–H and O–H groups in total. The molecule has 0 aromatic carbocycles. The van der Waals surface area contributed by atoms with Crippen molar-refractivity contribution in [1.29, 1.82) is 0 Å². The highest BCUT2D eigenvalue weighted by Gasteiger charge is 2.33. The van der Waals surface area contributed by atoms with Crippen LogP contribution in [0.4, 0.5) is 13.2 Å². The predicted octanol–water partition coefficient (Wildman–Crippen LogP) is 2.49. The normalized spacial score (nSPS) is 14.4. The van der Waals surface area contributed by atoms with Gasteiger partial charge in [-0.25, -0.2) is 4.99 Å². The average Bonchev–Trinajstić information content (AvgIpc) is 2.12. The predicted molar refractivity (Wildman–Crippen MR) is 63.6 cm³/mol. The van der Waals surface area contributed by atoms with Crippen molar-refractivity contribution in [2.24, 2.45) is 9.98 Å². The highest BCUT2D eigenvalue weighted by atomic mass is 31.0. The summed E-state index contributed by atoms with van der Waals surface area (Å²) in [6, 6.07) is 0. The Bertz CT molecular complexity index is 342. The van der Waals surface area contributed by atoms with Gasteiger partial charge in [0.25, 0.3) is 0 Å². The highest BCUT2D eigenvalue weighted by Crippen LogP contribution is 2.18. The molecule has 16 heavy (non-hydrogen) atoms. The first-order valence-electron chi connectivity index (χ1n) is 4.23. The lowest BCUT2D eigenvalue weighted by molar-refractivity contribution is -0.0578. The smallest absolute Gasteiger partial charge is 0.345 e. The standard InChI is InChI=1S/C9H13F3N3P/c1-6(15-7(2)14-5-16)4-8(13-3)9(10,11)12/h4-5,15H,2,16H2,1,3H3/b6-4+,13-8?,14-5-. The molecule has 0 aliphatic heterocycles. The molecule has 0 aliphatic carbocycles. The van der Waals surface area contributed by atoms with E-state index in [1.165, 1.54) is 12.9 Å². The van der Waals surface area contributed by atoms with Crippen molar-refractivity contribution in [3.8, 4) is 0 Å². The zero-order valence-electron chi connectivity index (χ0n) is 8.97. The van der Waals surface area contributed by atoms with Crippen LogP contribution in [0.15, 0.2) is 34.2 Å². The van der Waals surface area contributed by atoms with Crippen molar-refractivity contribution < 1.29 is 13.2 Å². The van der Waals surface area contributed by atoms with Gasteiger partial charge in [0.15, 0.2) is 0 Å². The molecule has 0 saturated heterocycles. The summed E-state index contributed by atoms with van der Waals surface area (Å²) in [6.45, 7) is 4.97. The minimum Gasteiger partial charge on any atom is -0.345 e. The molecular formula is C9H13F3N3P. The third-order valence-corrected chi connectivity index (χ3v) is 1.61. The van der Waals surface area contributed by atoms with E-state index >= 15 is 0 Å². The molecule has 0 rings (SSSR count). The summed E-state index contributed by atoms with van der Waals surface area (Å²) >= 11 is 0. The van der Waals surface area contributed by atoms with Crippen molar-refractivity contribution in [2.45, 2.75) is 13.1 Å². The van der Waals surface area contributed by atoms with E-state index in [0.29, 0.717) is 0 Å². The van der Waals surface area contributed by atoms with Crippen LogP contribution in [-0.2, 0) is 0 Å². The fourth-order valence-corrected chi connectivity index (χ4v) is 1.04. The van der Waals surface area contributed by atoms with E-state index in [1.54, 1.807) is 0 Å². The zero-order valence-corrected chi connectivity index (χ0v) is 10.1. The maximum atomic E-state index is 12.3. The van der Waals surface area contributed by atoms with Crippen LogP contribution in [0.25, 0.3) is 0 Å². The highest BCUT2D eigenvalue weighted by molar-refractivity contribution is 7.36. The Morgan fingerprint density at radius 2 is 2.00 bits per heavy atom. The Kier molecular flexibility index (Phi) is 5.96. The lowest BCUT2D eigenvalue weighted by Gasteiger charge is -2.09. The van der Waals surface area contributed by atoms with Crippen molar-refractivity contribution in [3.63, 3.8) is 0 Å². The average molecular weight is 251 g/mol. The number of aliphatic imine (C=N–C) groups is 2. The third-order valence-electron chi connectivity index (χ3n) is 1.46. The molecule has 0 bridgehead atoms. The minimum atomic E-state index is -4.46. The Morgan fingerprint density at radius 3 is 2.38 bits per heavy atom. The maximum absolute atomic E-state index is 12.3. The number of hydrogen-bond acceptors (Lipinski definition) is 3. The molecule has 1 atom stereocenters. The van der Waals surface area contributed by atoms with Gasteiger partial charge in [-0.2, -0.15) is 13.2 Å². The number of alkyl halides is 3. The number of halogens is 3. The van der Waals surface area contributed by atoms with Gasteiger partial charge in [0.2, 0.25) is 0 Å². The number of nitrogens with one attached hydrogen (secondary N) is 1. The van der Waals surface area contributed by atoms with E-state index in [1.807, 2.05) is 0 Å². The van der Waals surface area contributed by atoms with Gasteiger partial charge in [-0.15, -0.1) is 0 Å². The van der Waals surface area contributed by atoms with Crippen molar-refractivity contribution in [3.05, 3.63) is 24.2 Å². The van der Waals surface area contributed by atoms with Crippen LogP contribution >= 0.6 is 9.24 Å². The molecule has 0 amide bonds. The second-order valence-corrected chi connectivity index (χ2v) is 3.08. The summed E-state index contributed by atoms with van der Waals surface area (Å²) in [5, 5.41) is 2.59. The topological polar surface area (TPSA) is 36.8 Å². The molecule has 90 valence electrons. The molecule has 3 nitrogen and oxygen atoms in total. The molecule has 1 unspecified atom stereocenters. The van der Waals surface area contributed by atoms with Crippen LogP contribution in [-0.4, -0.2) is 24.9 Å². The zero-order chi connectivity index (χ0) is 12.8. The van der Waals surface area contributed by atoms with Gasteiger partial charge in [0.1, 0.15) is 11.5 Å². The van der Waals surface area contributed by atoms with Gasteiger partial charge >= 0.3 is 6.18 Å². The maximum Gasteiger partial charge on any atom is 0.432 e. The molecule has 0 aliphatic rings. The number of rotatable bonds is 4. The van der Waals surface area contributed by atoms with Crippen molar-refractivity contribution >= 4 is 20.9 Å². The van der Waals surface area contributed by atoms with E-state index in [2.05, 4.69) is 31.1 Å². The summed E-state index contributed by atoms with van der Waals surface area (Å²) in [6.07, 6.45) is -3.56. The Morgan fingerprint density at radius 1 is 1.44 bits per heavy atom. The molecule has 0 aromatic rings. The molecule has 0 radical (unpaired) electrons. The van der Waals surface area contributed by atoms with Crippen LogP contribution in [0.3, 0.4) is 0 Å². The van der Waals surface area contributed by atoms with E-state index in [0.717, 1.165) is 13.1 Å². The Labute approximate surface area is 94.4 Å². The second-order valence-electron chi connectivity index (χ2n) is 2.78.